The lowest BCUT2D eigenvalue weighted by molar-refractivity contribution is 0.308. The summed E-state index contributed by atoms with van der Waals surface area (Å²) in [5.41, 5.74) is 30.6. The summed E-state index contributed by atoms with van der Waals surface area (Å²) in [6.45, 7) is 34.0. The van der Waals surface area contributed by atoms with E-state index in [0.717, 1.165) is 62.5 Å². The molecule has 0 radical (unpaired) electrons. The third kappa shape index (κ3) is 12.8. The molecule has 12 rings (SSSR count). The van der Waals surface area contributed by atoms with E-state index in [2.05, 4.69) is 265 Å². The summed E-state index contributed by atoms with van der Waals surface area (Å²) in [7, 11) is 0. The van der Waals surface area contributed by atoms with Gasteiger partial charge in [-0.1, -0.05) is 250 Å². The van der Waals surface area contributed by atoms with E-state index in [1.54, 1.807) is 33.4 Å². The molecular formula is C91H110N2O. The number of unbranched alkanes of at least 4 members (excludes halogenated alkanes) is 1. The summed E-state index contributed by atoms with van der Waals surface area (Å²) in [6.07, 6.45) is 20.5. The summed E-state index contributed by atoms with van der Waals surface area (Å²) >= 11 is 0. The fourth-order valence-corrected chi connectivity index (χ4v) is 17.6. The highest BCUT2D eigenvalue weighted by atomic mass is 16.4. The minimum Gasteiger partial charge on any atom is -0.416 e. The highest BCUT2D eigenvalue weighted by Crippen LogP contribution is 2.61. The fraction of sp³-hybridized carbons (Fsp3) is 0.451. The Morgan fingerprint density at radius 3 is 0.947 bits per heavy atom. The summed E-state index contributed by atoms with van der Waals surface area (Å²) in [5, 5.41) is 9.05. The van der Waals surface area contributed by atoms with Gasteiger partial charge in [0.25, 0.3) is 0 Å². The first-order valence-electron chi connectivity index (χ1n) is 37.4. The maximum Gasteiger partial charge on any atom is 0.248 e. The van der Waals surface area contributed by atoms with Gasteiger partial charge in [0.05, 0.1) is 0 Å². The van der Waals surface area contributed by atoms with Gasteiger partial charge in [0.2, 0.25) is 11.8 Å². The molecule has 0 N–H and O–H groups in total. The van der Waals surface area contributed by atoms with Crippen molar-refractivity contribution in [3.63, 3.8) is 0 Å². The maximum absolute atomic E-state index is 6.34. The van der Waals surface area contributed by atoms with E-state index in [9.17, 15) is 0 Å². The number of hydrogen-bond acceptors (Lipinski definition) is 3. The number of hydrogen-bond donors (Lipinski definition) is 0. The molecule has 0 fully saturated rings. The number of rotatable bonds is 29. The molecule has 9 aromatic rings. The molecule has 6 atom stereocenters. The van der Waals surface area contributed by atoms with Crippen LogP contribution < -0.4 is 0 Å². The molecule has 3 heteroatoms. The minimum absolute atomic E-state index is 0.00893. The molecule has 0 saturated heterocycles. The molecule has 6 unspecified atom stereocenters. The zero-order chi connectivity index (χ0) is 66.1. The van der Waals surface area contributed by atoms with Crippen LogP contribution in [-0.2, 0) is 35.5 Å². The van der Waals surface area contributed by atoms with Crippen molar-refractivity contribution in [2.24, 2.45) is 35.5 Å². The van der Waals surface area contributed by atoms with Gasteiger partial charge in [0, 0.05) is 27.4 Å². The summed E-state index contributed by atoms with van der Waals surface area (Å²) in [6, 6.07) is 63.1. The van der Waals surface area contributed by atoms with Crippen molar-refractivity contribution in [3.05, 3.63) is 213 Å². The molecule has 0 aliphatic heterocycles. The Balaban J connectivity index is 0.886. The first kappa shape index (κ1) is 66.9. The van der Waals surface area contributed by atoms with Gasteiger partial charge in [-0.2, -0.15) is 0 Å². The van der Waals surface area contributed by atoms with Crippen molar-refractivity contribution in [1.82, 2.24) is 10.2 Å². The molecule has 1 aromatic heterocycles. The van der Waals surface area contributed by atoms with Crippen molar-refractivity contribution < 1.29 is 4.42 Å². The first-order chi connectivity index (χ1) is 45.5. The smallest absolute Gasteiger partial charge is 0.248 e. The van der Waals surface area contributed by atoms with Crippen molar-refractivity contribution in [2.75, 3.05) is 0 Å². The maximum atomic E-state index is 6.34. The van der Waals surface area contributed by atoms with Crippen LogP contribution in [0.1, 0.15) is 242 Å². The van der Waals surface area contributed by atoms with Gasteiger partial charge in [0.1, 0.15) is 0 Å². The third-order valence-electron chi connectivity index (χ3n) is 23.9. The van der Waals surface area contributed by atoms with E-state index in [1.807, 2.05) is 0 Å². The topological polar surface area (TPSA) is 38.9 Å². The zero-order valence-corrected chi connectivity index (χ0v) is 60.0. The van der Waals surface area contributed by atoms with Crippen LogP contribution in [0.25, 0.3) is 78.5 Å². The van der Waals surface area contributed by atoms with E-state index in [0.29, 0.717) is 47.3 Å². The molecule has 0 spiro atoms. The average molecular weight is 1250 g/mol. The number of aryl methyl sites for hydroxylation is 4. The molecule has 0 bridgehead atoms. The Kier molecular flexibility index (Phi) is 20.1. The standard InChI is InChI=1S/C91H110N2O/c1-15-22-26-66-29-24-31-73(46-66)87-92-93-88(94-87)74-32-25-30-67(47-74)27-23-28-68-34-40-76-78-42-36-70(50-84(78)90(82(76)48-68,55-61(10)18-4)56-62(11)19-5)72-38-44-80-79-43-37-71(51-85(79)91(86(80)52-72,57-63(12)20-6)58-64(13)21-7)69-35-41-77-75-39-33-65(14)45-81(75)89(83(77)49-69,53-59(8)16-2)54-60(9)17-3/h24-25,29-52,59-64H,15-23,26-28,53-58H2,1-14H3. The van der Waals surface area contributed by atoms with E-state index >= 15 is 0 Å². The van der Waals surface area contributed by atoms with E-state index in [-0.39, 0.29) is 16.2 Å². The van der Waals surface area contributed by atoms with Crippen molar-refractivity contribution >= 4 is 0 Å². The van der Waals surface area contributed by atoms with Crippen molar-refractivity contribution in [1.29, 1.82) is 0 Å². The average Bonchev–Trinajstić information content (AvgIpc) is 1.57. The van der Waals surface area contributed by atoms with Crippen LogP contribution >= 0.6 is 0 Å². The zero-order valence-electron chi connectivity index (χ0n) is 60.0. The van der Waals surface area contributed by atoms with Crippen molar-refractivity contribution in [3.8, 4) is 78.5 Å². The molecule has 490 valence electrons. The van der Waals surface area contributed by atoms with Gasteiger partial charge in [-0.25, -0.2) is 0 Å². The van der Waals surface area contributed by atoms with Crippen LogP contribution in [0, 0.1) is 42.4 Å². The Morgan fingerprint density at radius 2 is 0.606 bits per heavy atom. The molecule has 94 heavy (non-hydrogen) atoms. The van der Waals surface area contributed by atoms with Gasteiger partial charge in [-0.15, -0.1) is 10.2 Å². The van der Waals surface area contributed by atoms with E-state index in [4.69, 9.17) is 4.42 Å². The molecule has 0 saturated carbocycles. The second-order valence-corrected chi connectivity index (χ2v) is 30.8. The van der Waals surface area contributed by atoms with E-state index < -0.39 is 0 Å². The predicted octanol–water partition coefficient (Wildman–Crippen LogP) is 26.0. The first-order valence-corrected chi connectivity index (χ1v) is 37.4. The highest BCUT2D eigenvalue weighted by molar-refractivity contribution is 5.90. The van der Waals surface area contributed by atoms with Gasteiger partial charge in [-0.05, 0) is 267 Å². The Morgan fingerprint density at radius 1 is 0.309 bits per heavy atom. The largest absolute Gasteiger partial charge is 0.416 e. The molecule has 0 amide bonds. The summed E-state index contributed by atoms with van der Waals surface area (Å²) in [4.78, 5) is 0. The Hall–Kier alpha value is -7.10. The monoisotopic (exact) mass is 1250 g/mol. The Bertz CT molecular complexity index is 4100. The summed E-state index contributed by atoms with van der Waals surface area (Å²) < 4.78 is 6.34. The Labute approximate surface area is 567 Å². The van der Waals surface area contributed by atoms with Gasteiger partial charge < -0.3 is 4.42 Å². The number of nitrogens with zero attached hydrogens (tertiary/aromatic N) is 2. The van der Waals surface area contributed by atoms with Crippen LogP contribution in [-0.4, -0.2) is 10.2 Å². The highest BCUT2D eigenvalue weighted by Gasteiger charge is 2.48. The lowest BCUT2D eigenvalue weighted by Gasteiger charge is -2.38. The van der Waals surface area contributed by atoms with Crippen LogP contribution in [0.3, 0.4) is 0 Å². The molecule has 3 aliphatic carbocycles. The lowest BCUT2D eigenvalue weighted by Crippen LogP contribution is -2.30. The van der Waals surface area contributed by atoms with E-state index in [1.165, 1.54) is 142 Å². The van der Waals surface area contributed by atoms with Gasteiger partial charge in [-0.3, -0.25) is 0 Å². The second kappa shape index (κ2) is 28.3. The number of aromatic nitrogens is 2. The van der Waals surface area contributed by atoms with Crippen LogP contribution in [0.4, 0.5) is 0 Å². The lowest BCUT2D eigenvalue weighted by atomic mass is 9.65. The van der Waals surface area contributed by atoms with Gasteiger partial charge in [0.15, 0.2) is 0 Å². The predicted molar refractivity (Wildman–Crippen MR) is 401 cm³/mol. The third-order valence-corrected chi connectivity index (χ3v) is 23.9. The molecule has 3 nitrogen and oxygen atoms in total. The SMILES string of the molecule is CCCCc1cccc(-c2nnc(-c3cccc(CCCc4ccc5c(c4)C(CC(C)CC)(CC(C)CC)c4cc(-c6ccc7c(c6)C(CC(C)CC)(CC(C)CC)c6cc(-c8ccc9c(c8)C(CC(C)CC)(CC(C)CC)c8cc(C)ccc8-9)ccc6-7)ccc4-5)c3)o2)c1. The fourth-order valence-electron chi connectivity index (χ4n) is 17.6. The van der Waals surface area contributed by atoms with Crippen LogP contribution in [0.2, 0.25) is 0 Å². The molecule has 3 aliphatic rings. The normalized spacial score (nSPS) is 19.4. The molecule has 1 heterocycles. The van der Waals surface area contributed by atoms with Crippen molar-refractivity contribution in [2.45, 2.75) is 229 Å². The van der Waals surface area contributed by atoms with Gasteiger partial charge >= 0.3 is 0 Å². The number of benzene rings is 8. The molecule has 8 aromatic carbocycles. The van der Waals surface area contributed by atoms with Crippen LogP contribution in [0.5, 0.6) is 0 Å². The molecular weight excluding hydrogens is 1140 g/mol. The number of fused-ring (bicyclic) bond motifs is 9. The minimum atomic E-state index is -0.120. The van der Waals surface area contributed by atoms with Crippen LogP contribution in [0.15, 0.2) is 162 Å². The summed E-state index contributed by atoms with van der Waals surface area (Å²) in [5.74, 6) is 4.69. The quantitative estimate of drug-likeness (QED) is 0.0469. The second-order valence-electron chi connectivity index (χ2n) is 30.8.